The van der Waals surface area contributed by atoms with E-state index in [0.29, 0.717) is 6.61 Å². The molecule has 23 heavy (non-hydrogen) atoms. The molecule has 1 saturated heterocycles. The Hall–Kier alpha value is -1.39. The molecule has 0 amide bonds. The third-order valence-electron chi connectivity index (χ3n) is 4.64. The van der Waals surface area contributed by atoms with Crippen molar-refractivity contribution < 1.29 is 9.53 Å². The van der Waals surface area contributed by atoms with Gasteiger partial charge in [0.1, 0.15) is 12.6 Å². The van der Waals surface area contributed by atoms with Gasteiger partial charge in [0.05, 0.1) is 0 Å². The first-order valence-corrected chi connectivity index (χ1v) is 8.94. The highest BCUT2D eigenvalue weighted by Crippen LogP contribution is 2.25. The van der Waals surface area contributed by atoms with E-state index < -0.39 is 0 Å². The van der Waals surface area contributed by atoms with Gasteiger partial charge in [0.25, 0.3) is 0 Å². The second-order valence-electron chi connectivity index (χ2n) is 6.10. The van der Waals surface area contributed by atoms with Crippen molar-refractivity contribution in [2.45, 2.75) is 39.2 Å². The summed E-state index contributed by atoms with van der Waals surface area (Å²) in [6.45, 7) is 9.47. The second kappa shape index (κ2) is 9.68. The summed E-state index contributed by atoms with van der Waals surface area (Å²) in [5, 5.41) is 0. The van der Waals surface area contributed by atoms with E-state index in [1.165, 1.54) is 6.42 Å². The van der Waals surface area contributed by atoms with Gasteiger partial charge < -0.3 is 9.64 Å². The van der Waals surface area contributed by atoms with E-state index in [2.05, 4.69) is 23.6 Å². The van der Waals surface area contributed by atoms with Crippen LogP contribution in [0.1, 0.15) is 44.7 Å². The summed E-state index contributed by atoms with van der Waals surface area (Å²) < 4.78 is 5.62. The fourth-order valence-electron chi connectivity index (χ4n) is 3.20. The molecular formula is C19H30N2O2. The van der Waals surface area contributed by atoms with Gasteiger partial charge in [0.2, 0.25) is 0 Å². The van der Waals surface area contributed by atoms with E-state index in [0.717, 1.165) is 51.1 Å². The van der Waals surface area contributed by atoms with E-state index >= 15 is 0 Å². The summed E-state index contributed by atoms with van der Waals surface area (Å²) in [7, 11) is 0. The molecule has 1 fully saturated rings. The van der Waals surface area contributed by atoms with E-state index in [1.807, 2.05) is 30.3 Å². The molecule has 1 unspecified atom stereocenters. The number of carbonyl (C=O) groups is 1. The Morgan fingerprint density at radius 3 is 2.39 bits per heavy atom. The lowest BCUT2D eigenvalue weighted by Crippen LogP contribution is -2.39. The molecule has 2 rings (SSSR count). The zero-order valence-corrected chi connectivity index (χ0v) is 14.5. The maximum atomic E-state index is 12.7. The van der Waals surface area contributed by atoms with Crippen LogP contribution in [0.15, 0.2) is 30.3 Å². The molecule has 0 radical (unpaired) electrons. The fraction of sp³-hybridized carbons (Fsp3) is 0.632. The zero-order chi connectivity index (χ0) is 16.5. The summed E-state index contributed by atoms with van der Waals surface area (Å²) in [6, 6.07) is 9.79. The highest BCUT2D eigenvalue weighted by Gasteiger charge is 2.29. The van der Waals surface area contributed by atoms with Gasteiger partial charge in [-0.1, -0.05) is 50.6 Å². The normalized spacial score (nSPS) is 17.2. The molecule has 1 heterocycles. The van der Waals surface area contributed by atoms with Gasteiger partial charge in [0, 0.05) is 6.54 Å². The molecule has 0 aliphatic carbocycles. The molecule has 4 nitrogen and oxygen atoms in total. The first-order valence-electron chi connectivity index (χ1n) is 8.94. The summed E-state index contributed by atoms with van der Waals surface area (Å²) in [5.41, 5.74) is 1.04. The van der Waals surface area contributed by atoms with Crippen LogP contribution in [-0.4, -0.2) is 55.1 Å². The van der Waals surface area contributed by atoms with Crippen LogP contribution in [0.3, 0.4) is 0 Å². The zero-order valence-electron chi connectivity index (χ0n) is 14.5. The summed E-state index contributed by atoms with van der Waals surface area (Å²) >= 11 is 0. The minimum atomic E-state index is -0.256. The number of benzene rings is 1. The smallest absolute Gasteiger partial charge is 0.328 e. The van der Waals surface area contributed by atoms with Crippen LogP contribution >= 0.6 is 0 Å². The van der Waals surface area contributed by atoms with E-state index in [1.54, 1.807) is 0 Å². The number of hydrogen-bond acceptors (Lipinski definition) is 4. The van der Waals surface area contributed by atoms with E-state index in [9.17, 15) is 4.79 Å². The number of ether oxygens (including phenoxy) is 1. The number of likely N-dealkylation sites (tertiary alicyclic amines) is 1. The molecule has 0 bridgehead atoms. The monoisotopic (exact) mass is 318 g/mol. The van der Waals surface area contributed by atoms with Crippen molar-refractivity contribution in [1.82, 2.24) is 9.80 Å². The number of hydrogen-bond donors (Lipinski definition) is 0. The average Bonchev–Trinajstić information content (AvgIpc) is 2.61. The van der Waals surface area contributed by atoms with Crippen molar-refractivity contribution in [3.63, 3.8) is 0 Å². The molecule has 0 spiro atoms. The van der Waals surface area contributed by atoms with Crippen LogP contribution in [0, 0.1) is 0 Å². The molecule has 1 aliphatic rings. The van der Waals surface area contributed by atoms with Crippen LogP contribution in [0.2, 0.25) is 0 Å². The van der Waals surface area contributed by atoms with Crippen LogP contribution < -0.4 is 0 Å². The maximum absolute atomic E-state index is 12.7. The second-order valence-corrected chi connectivity index (χ2v) is 6.10. The first-order chi connectivity index (χ1) is 11.3. The molecule has 4 heteroatoms. The van der Waals surface area contributed by atoms with Crippen LogP contribution in [0.4, 0.5) is 0 Å². The number of rotatable bonds is 8. The van der Waals surface area contributed by atoms with Gasteiger partial charge in [-0.3, -0.25) is 4.90 Å². The fourth-order valence-corrected chi connectivity index (χ4v) is 3.20. The van der Waals surface area contributed by atoms with Crippen molar-refractivity contribution in [3.05, 3.63) is 35.9 Å². The number of carbonyl (C=O) groups excluding carboxylic acids is 1. The molecule has 0 aromatic heterocycles. The molecule has 0 N–H and O–H groups in total. The van der Waals surface area contributed by atoms with Gasteiger partial charge >= 0.3 is 5.97 Å². The van der Waals surface area contributed by atoms with Crippen molar-refractivity contribution in [3.8, 4) is 0 Å². The number of esters is 1. The third kappa shape index (κ3) is 5.33. The molecule has 0 saturated carbocycles. The van der Waals surface area contributed by atoms with Gasteiger partial charge in [0.15, 0.2) is 0 Å². The summed E-state index contributed by atoms with van der Waals surface area (Å²) in [6.07, 6.45) is 3.58. The Labute approximate surface area is 140 Å². The quantitative estimate of drug-likeness (QED) is 0.690. The molecule has 128 valence electrons. The van der Waals surface area contributed by atoms with Crippen molar-refractivity contribution in [2.75, 3.05) is 39.3 Å². The van der Waals surface area contributed by atoms with E-state index in [-0.39, 0.29) is 12.0 Å². The topological polar surface area (TPSA) is 32.8 Å². The van der Waals surface area contributed by atoms with E-state index in [4.69, 9.17) is 4.74 Å². The number of nitrogens with zero attached hydrogens (tertiary/aromatic N) is 2. The Morgan fingerprint density at radius 1 is 1.13 bits per heavy atom. The standard InChI is InChI=1S/C19H30N2O2/c1-3-20(4-2)15-16-23-19(22)18(17-11-7-5-8-12-17)21-13-9-6-10-14-21/h5,7-8,11-12,18H,3-4,6,9-10,13-16H2,1-2H3. The Bertz CT molecular complexity index is 454. The Morgan fingerprint density at radius 2 is 1.78 bits per heavy atom. The van der Waals surface area contributed by atoms with Gasteiger partial charge in [-0.25, -0.2) is 4.79 Å². The van der Waals surface area contributed by atoms with Gasteiger partial charge in [-0.15, -0.1) is 0 Å². The largest absolute Gasteiger partial charge is 0.463 e. The van der Waals surface area contributed by atoms with Crippen LogP contribution in [-0.2, 0) is 9.53 Å². The molecule has 1 aromatic carbocycles. The lowest BCUT2D eigenvalue weighted by molar-refractivity contribution is -0.151. The predicted octanol–water partition coefficient (Wildman–Crippen LogP) is 3.10. The average molecular weight is 318 g/mol. The SMILES string of the molecule is CCN(CC)CCOC(=O)C(c1ccccc1)N1CCCCC1. The van der Waals surface area contributed by atoms with Gasteiger partial charge in [-0.05, 0) is 44.6 Å². The number of likely N-dealkylation sites (N-methyl/N-ethyl adjacent to an activating group) is 1. The van der Waals surface area contributed by atoms with Crippen molar-refractivity contribution in [1.29, 1.82) is 0 Å². The minimum Gasteiger partial charge on any atom is -0.463 e. The molecular weight excluding hydrogens is 288 g/mol. The lowest BCUT2D eigenvalue weighted by Gasteiger charge is -2.33. The van der Waals surface area contributed by atoms with Crippen LogP contribution in [0.5, 0.6) is 0 Å². The lowest BCUT2D eigenvalue weighted by atomic mass is 10.0. The summed E-state index contributed by atoms with van der Waals surface area (Å²) in [4.78, 5) is 17.3. The highest BCUT2D eigenvalue weighted by atomic mass is 16.5. The minimum absolute atomic E-state index is 0.106. The van der Waals surface area contributed by atoms with Gasteiger partial charge in [-0.2, -0.15) is 0 Å². The molecule has 1 aliphatic heterocycles. The molecule has 1 aromatic rings. The van der Waals surface area contributed by atoms with Crippen LogP contribution in [0.25, 0.3) is 0 Å². The summed E-state index contributed by atoms with van der Waals surface area (Å²) in [5.74, 6) is -0.106. The van der Waals surface area contributed by atoms with Crippen molar-refractivity contribution in [2.24, 2.45) is 0 Å². The Balaban J connectivity index is 2.00. The number of piperidine rings is 1. The molecule has 1 atom stereocenters. The Kier molecular flexibility index (Phi) is 7.56. The highest BCUT2D eigenvalue weighted by molar-refractivity contribution is 5.77. The van der Waals surface area contributed by atoms with Crippen molar-refractivity contribution >= 4 is 5.97 Å². The first kappa shape index (κ1) is 18.0. The predicted molar refractivity (Wildman–Crippen MR) is 93.4 cm³/mol. The maximum Gasteiger partial charge on any atom is 0.328 e. The third-order valence-corrected chi connectivity index (χ3v) is 4.64.